The van der Waals surface area contributed by atoms with Crippen LogP contribution in [0.1, 0.15) is 15.9 Å². The molecule has 0 spiro atoms. The molecule has 20 heavy (non-hydrogen) atoms. The predicted octanol–water partition coefficient (Wildman–Crippen LogP) is 3.29. The number of aryl methyl sites for hydroxylation is 1. The fourth-order valence-electron chi connectivity index (χ4n) is 1.77. The van der Waals surface area contributed by atoms with Gasteiger partial charge in [0, 0.05) is 22.9 Å². The number of carbonyl (C=O) groups excluding carboxylic acids is 1. The molecule has 2 rings (SSSR count). The highest BCUT2D eigenvalue weighted by Crippen LogP contribution is 2.19. The van der Waals surface area contributed by atoms with Gasteiger partial charge in [-0.2, -0.15) is 0 Å². The molecule has 0 atom stereocenters. The Bertz CT molecular complexity index is 686. The molecule has 0 aliphatic rings. The third-order valence-electron chi connectivity index (χ3n) is 2.74. The van der Waals surface area contributed by atoms with Crippen LogP contribution in [0.15, 0.2) is 42.5 Å². The molecule has 0 saturated heterocycles. The van der Waals surface area contributed by atoms with Gasteiger partial charge in [-0.15, -0.1) is 0 Å². The fraction of sp³-hybridized carbons (Fsp3) is 0.0714. The molecule has 0 aliphatic carbocycles. The number of halogens is 1. The number of carbonyl (C=O) groups is 1. The van der Waals surface area contributed by atoms with E-state index in [-0.39, 0.29) is 11.3 Å². The molecule has 6 heteroatoms. The average molecular weight is 274 g/mol. The van der Waals surface area contributed by atoms with E-state index >= 15 is 0 Å². The van der Waals surface area contributed by atoms with Crippen molar-refractivity contribution in [2.24, 2.45) is 0 Å². The Hall–Kier alpha value is -2.76. The number of anilines is 1. The molecule has 0 fully saturated rings. The maximum absolute atomic E-state index is 13.0. The molecule has 1 N–H and O–H groups in total. The summed E-state index contributed by atoms with van der Waals surface area (Å²) in [6, 6.07) is 9.55. The first-order valence-corrected chi connectivity index (χ1v) is 5.79. The molecule has 0 unspecified atom stereocenters. The van der Waals surface area contributed by atoms with E-state index in [0.29, 0.717) is 11.3 Å². The van der Waals surface area contributed by atoms with Crippen molar-refractivity contribution in [1.29, 1.82) is 0 Å². The molecule has 0 bridgehead atoms. The van der Waals surface area contributed by atoms with Gasteiger partial charge in [-0.25, -0.2) is 4.39 Å². The summed E-state index contributed by atoms with van der Waals surface area (Å²) >= 11 is 0. The van der Waals surface area contributed by atoms with E-state index in [2.05, 4.69) is 5.32 Å². The average Bonchev–Trinajstić information content (AvgIpc) is 2.38. The lowest BCUT2D eigenvalue weighted by Crippen LogP contribution is -2.12. The largest absolute Gasteiger partial charge is 0.322 e. The number of nitro groups is 1. The Labute approximate surface area is 114 Å². The summed E-state index contributed by atoms with van der Waals surface area (Å²) in [5, 5.41) is 13.2. The van der Waals surface area contributed by atoms with Crippen molar-refractivity contribution in [3.63, 3.8) is 0 Å². The van der Waals surface area contributed by atoms with Crippen LogP contribution < -0.4 is 5.32 Å². The van der Waals surface area contributed by atoms with Gasteiger partial charge in [-0.3, -0.25) is 14.9 Å². The van der Waals surface area contributed by atoms with Crippen LogP contribution in [0, 0.1) is 22.9 Å². The summed E-state index contributed by atoms with van der Waals surface area (Å²) in [5.74, 6) is -0.906. The van der Waals surface area contributed by atoms with E-state index in [1.54, 1.807) is 13.0 Å². The van der Waals surface area contributed by atoms with Gasteiger partial charge in [-0.05, 0) is 37.3 Å². The quantitative estimate of drug-likeness (QED) is 0.689. The standard InChI is InChI=1S/C14H11FN2O3/c1-9-7-10(5-6-13(9)17(19)20)14(18)16-12-4-2-3-11(15)8-12/h2-8H,1H3,(H,16,18). The Morgan fingerprint density at radius 2 is 2.00 bits per heavy atom. The SMILES string of the molecule is Cc1cc(C(=O)Nc2cccc(F)c2)ccc1[N+](=O)[O-]. The first-order chi connectivity index (χ1) is 9.47. The molecule has 0 aliphatic heterocycles. The van der Waals surface area contributed by atoms with Crippen molar-refractivity contribution in [1.82, 2.24) is 0 Å². The second-order valence-electron chi connectivity index (χ2n) is 4.22. The van der Waals surface area contributed by atoms with Crippen LogP contribution >= 0.6 is 0 Å². The Morgan fingerprint density at radius 3 is 2.60 bits per heavy atom. The van der Waals surface area contributed by atoms with Crippen LogP contribution in [0.25, 0.3) is 0 Å². The number of hydrogen-bond donors (Lipinski definition) is 1. The van der Waals surface area contributed by atoms with Crippen LogP contribution in [-0.4, -0.2) is 10.8 Å². The van der Waals surface area contributed by atoms with Crippen molar-refractivity contribution >= 4 is 17.3 Å². The molecular formula is C14H11FN2O3. The zero-order valence-electron chi connectivity index (χ0n) is 10.6. The van der Waals surface area contributed by atoms with Crippen LogP contribution in [0.4, 0.5) is 15.8 Å². The monoisotopic (exact) mass is 274 g/mol. The van der Waals surface area contributed by atoms with Gasteiger partial charge in [-0.1, -0.05) is 6.07 Å². The Morgan fingerprint density at radius 1 is 1.25 bits per heavy atom. The van der Waals surface area contributed by atoms with Crippen LogP contribution in [0.5, 0.6) is 0 Å². The van der Waals surface area contributed by atoms with E-state index in [1.165, 1.54) is 36.4 Å². The lowest BCUT2D eigenvalue weighted by atomic mass is 10.1. The smallest absolute Gasteiger partial charge is 0.272 e. The molecule has 0 saturated carbocycles. The molecule has 2 aromatic rings. The molecule has 5 nitrogen and oxygen atoms in total. The van der Waals surface area contributed by atoms with Crippen LogP contribution in [0.2, 0.25) is 0 Å². The van der Waals surface area contributed by atoms with E-state index in [0.717, 1.165) is 0 Å². The number of benzene rings is 2. The van der Waals surface area contributed by atoms with Gasteiger partial charge in [0.15, 0.2) is 0 Å². The van der Waals surface area contributed by atoms with Crippen LogP contribution in [0.3, 0.4) is 0 Å². The second-order valence-corrected chi connectivity index (χ2v) is 4.22. The molecule has 2 aromatic carbocycles. The van der Waals surface area contributed by atoms with Gasteiger partial charge < -0.3 is 5.32 Å². The number of amides is 1. The molecule has 0 aromatic heterocycles. The first-order valence-electron chi connectivity index (χ1n) is 5.79. The summed E-state index contributed by atoms with van der Waals surface area (Å²) in [4.78, 5) is 22.1. The van der Waals surface area contributed by atoms with Gasteiger partial charge >= 0.3 is 0 Å². The predicted molar refractivity (Wildman–Crippen MR) is 72.2 cm³/mol. The summed E-state index contributed by atoms with van der Waals surface area (Å²) in [7, 11) is 0. The minimum atomic E-state index is -0.510. The van der Waals surface area contributed by atoms with Crippen molar-refractivity contribution in [3.8, 4) is 0 Å². The highest BCUT2D eigenvalue weighted by molar-refractivity contribution is 6.04. The van der Waals surface area contributed by atoms with E-state index in [4.69, 9.17) is 0 Å². The third-order valence-corrected chi connectivity index (χ3v) is 2.74. The lowest BCUT2D eigenvalue weighted by molar-refractivity contribution is -0.385. The molecule has 0 heterocycles. The Kier molecular flexibility index (Phi) is 3.74. The first kappa shape index (κ1) is 13.7. The Balaban J connectivity index is 2.22. The van der Waals surface area contributed by atoms with E-state index < -0.39 is 16.6 Å². The van der Waals surface area contributed by atoms with Crippen LogP contribution in [-0.2, 0) is 0 Å². The third kappa shape index (κ3) is 2.97. The number of hydrogen-bond acceptors (Lipinski definition) is 3. The molecule has 1 amide bonds. The van der Waals surface area contributed by atoms with Crippen molar-refractivity contribution in [3.05, 3.63) is 69.5 Å². The minimum Gasteiger partial charge on any atom is -0.322 e. The summed E-state index contributed by atoms with van der Waals surface area (Å²) in [6.45, 7) is 1.55. The van der Waals surface area contributed by atoms with Crippen molar-refractivity contribution < 1.29 is 14.1 Å². The number of nitrogens with one attached hydrogen (secondary N) is 1. The van der Waals surface area contributed by atoms with Gasteiger partial charge in [0.1, 0.15) is 5.82 Å². The van der Waals surface area contributed by atoms with Gasteiger partial charge in [0.25, 0.3) is 11.6 Å². The highest BCUT2D eigenvalue weighted by Gasteiger charge is 2.13. The van der Waals surface area contributed by atoms with Crippen molar-refractivity contribution in [2.75, 3.05) is 5.32 Å². The molecule has 0 radical (unpaired) electrons. The number of nitrogens with zero attached hydrogens (tertiary/aromatic N) is 1. The van der Waals surface area contributed by atoms with E-state index in [9.17, 15) is 19.3 Å². The zero-order valence-corrected chi connectivity index (χ0v) is 10.6. The summed E-state index contributed by atoms with van der Waals surface area (Å²) in [6.07, 6.45) is 0. The topological polar surface area (TPSA) is 72.2 Å². The zero-order chi connectivity index (χ0) is 14.7. The number of rotatable bonds is 3. The van der Waals surface area contributed by atoms with E-state index in [1.807, 2.05) is 0 Å². The highest BCUT2D eigenvalue weighted by atomic mass is 19.1. The maximum atomic E-state index is 13.0. The van der Waals surface area contributed by atoms with Gasteiger partial charge in [0.2, 0.25) is 0 Å². The summed E-state index contributed by atoms with van der Waals surface area (Å²) < 4.78 is 13.0. The van der Waals surface area contributed by atoms with Crippen molar-refractivity contribution in [2.45, 2.75) is 6.92 Å². The lowest BCUT2D eigenvalue weighted by Gasteiger charge is -2.06. The molecular weight excluding hydrogens is 263 g/mol. The van der Waals surface area contributed by atoms with Gasteiger partial charge in [0.05, 0.1) is 4.92 Å². The number of nitro benzene ring substituents is 1. The fourth-order valence-corrected chi connectivity index (χ4v) is 1.77. The molecule has 102 valence electrons. The maximum Gasteiger partial charge on any atom is 0.272 e. The normalized spacial score (nSPS) is 10.1. The summed E-state index contributed by atoms with van der Waals surface area (Å²) in [5.41, 5.74) is 0.942. The minimum absolute atomic E-state index is 0.0488. The second kappa shape index (κ2) is 5.48.